The van der Waals surface area contributed by atoms with Crippen LogP contribution in [0.3, 0.4) is 0 Å². The van der Waals surface area contributed by atoms with E-state index < -0.39 is 11.9 Å². The molecular weight excluding hydrogens is 170 g/mol. The van der Waals surface area contributed by atoms with Crippen molar-refractivity contribution < 1.29 is 14.7 Å². The molecule has 0 aromatic rings. The topological polar surface area (TPSA) is 57.6 Å². The van der Waals surface area contributed by atoms with Gasteiger partial charge in [0.25, 0.3) is 0 Å². The third-order valence-electron chi connectivity index (χ3n) is 2.42. The highest BCUT2D eigenvalue weighted by Crippen LogP contribution is 2.22. The van der Waals surface area contributed by atoms with Crippen molar-refractivity contribution in [1.82, 2.24) is 4.90 Å². The zero-order valence-corrected chi connectivity index (χ0v) is 7.56. The van der Waals surface area contributed by atoms with Crippen molar-refractivity contribution in [2.75, 3.05) is 13.1 Å². The maximum Gasteiger partial charge on any atom is 0.308 e. The Bertz CT molecular complexity index is 249. The van der Waals surface area contributed by atoms with Gasteiger partial charge in [-0.05, 0) is 12.0 Å². The molecular formula is C9H13NO3. The van der Waals surface area contributed by atoms with Crippen LogP contribution in [-0.4, -0.2) is 35.0 Å². The van der Waals surface area contributed by atoms with E-state index in [2.05, 4.69) is 6.58 Å². The molecule has 13 heavy (non-hydrogen) atoms. The predicted molar refractivity (Wildman–Crippen MR) is 47.1 cm³/mol. The van der Waals surface area contributed by atoms with Crippen molar-refractivity contribution in [3.05, 3.63) is 12.7 Å². The third kappa shape index (κ3) is 1.88. The average Bonchev–Trinajstić information content (AvgIpc) is 2.46. The molecule has 1 saturated heterocycles. The minimum Gasteiger partial charge on any atom is -0.481 e. The fraction of sp³-hybridized carbons (Fsp3) is 0.556. The summed E-state index contributed by atoms with van der Waals surface area (Å²) < 4.78 is 0. The number of carboxylic acids is 1. The first-order chi connectivity index (χ1) is 6.06. The predicted octanol–water partition coefficient (Wildman–Crippen LogP) is 0.352. The lowest BCUT2D eigenvalue weighted by atomic mass is 9.99. The summed E-state index contributed by atoms with van der Waals surface area (Å²) in [6.45, 7) is 6.03. The molecule has 0 saturated carbocycles. The van der Waals surface area contributed by atoms with Crippen LogP contribution in [0.5, 0.6) is 0 Å². The maximum absolute atomic E-state index is 11.1. The quantitative estimate of drug-likeness (QED) is 0.628. The lowest BCUT2D eigenvalue weighted by Crippen LogP contribution is -2.28. The fourth-order valence-corrected chi connectivity index (χ4v) is 1.60. The molecule has 0 aromatic heterocycles. The van der Waals surface area contributed by atoms with E-state index in [0.717, 1.165) is 0 Å². The number of hydrogen-bond donors (Lipinski definition) is 1. The second-order valence-electron chi connectivity index (χ2n) is 3.37. The van der Waals surface area contributed by atoms with E-state index in [0.29, 0.717) is 13.1 Å². The average molecular weight is 183 g/mol. The maximum atomic E-state index is 11.1. The minimum atomic E-state index is -0.827. The molecule has 0 bridgehead atoms. The standard InChI is InChI=1S/C9H13NO3/c1-3-8(11)10-4-6(2)7(5-10)9(12)13/h3,6-7H,1,4-5H2,2H3,(H,12,13). The van der Waals surface area contributed by atoms with Gasteiger partial charge in [0.2, 0.25) is 5.91 Å². The molecule has 4 nitrogen and oxygen atoms in total. The molecule has 1 heterocycles. The number of aliphatic carboxylic acids is 1. The van der Waals surface area contributed by atoms with Gasteiger partial charge in [-0.2, -0.15) is 0 Å². The van der Waals surface area contributed by atoms with Crippen molar-refractivity contribution in [2.45, 2.75) is 6.92 Å². The van der Waals surface area contributed by atoms with E-state index in [9.17, 15) is 9.59 Å². The summed E-state index contributed by atoms with van der Waals surface area (Å²) in [5, 5.41) is 8.79. The van der Waals surface area contributed by atoms with Crippen LogP contribution >= 0.6 is 0 Å². The summed E-state index contributed by atoms with van der Waals surface area (Å²) in [5.41, 5.74) is 0. The van der Waals surface area contributed by atoms with E-state index in [1.165, 1.54) is 11.0 Å². The van der Waals surface area contributed by atoms with Crippen LogP contribution in [0.15, 0.2) is 12.7 Å². The highest BCUT2D eigenvalue weighted by atomic mass is 16.4. The monoisotopic (exact) mass is 183 g/mol. The summed E-state index contributed by atoms with van der Waals surface area (Å²) >= 11 is 0. The van der Waals surface area contributed by atoms with E-state index in [1.54, 1.807) is 0 Å². The van der Waals surface area contributed by atoms with E-state index in [-0.39, 0.29) is 11.8 Å². The second-order valence-corrected chi connectivity index (χ2v) is 3.37. The molecule has 1 aliphatic rings. The first-order valence-corrected chi connectivity index (χ1v) is 4.20. The minimum absolute atomic E-state index is 0.0291. The van der Waals surface area contributed by atoms with Gasteiger partial charge in [0.05, 0.1) is 5.92 Å². The van der Waals surface area contributed by atoms with Gasteiger partial charge in [-0.25, -0.2) is 0 Å². The smallest absolute Gasteiger partial charge is 0.308 e. The Balaban J connectivity index is 2.64. The van der Waals surface area contributed by atoms with Crippen LogP contribution in [-0.2, 0) is 9.59 Å². The van der Waals surface area contributed by atoms with Crippen molar-refractivity contribution in [3.8, 4) is 0 Å². The van der Waals surface area contributed by atoms with E-state index >= 15 is 0 Å². The number of hydrogen-bond acceptors (Lipinski definition) is 2. The highest BCUT2D eigenvalue weighted by molar-refractivity contribution is 5.88. The third-order valence-corrected chi connectivity index (χ3v) is 2.42. The van der Waals surface area contributed by atoms with Crippen molar-refractivity contribution >= 4 is 11.9 Å². The van der Waals surface area contributed by atoms with Crippen molar-refractivity contribution in [3.63, 3.8) is 0 Å². The second kappa shape index (κ2) is 3.60. The lowest BCUT2D eigenvalue weighted by molar-refractivity contribution is -0.142. The molecule has 4 heteroatoms. The Morgan fingerprint density at radius 1 is 1.54 bits per heavy atom. The van der Waals surface area contributed by atoms with Gasteiger partial charge in [0, 0.05) is 13.1 Å². The molecule has 1 N–H and O–H groups in total. The highest BCUT2D eigenvalue weighted by Gasteiger charge is 2.35. The molecule has 0 aliphatic carbocycles. The van der Waals surface area contributed by atoms with Gasteiger partial charge >= 0.3 is 5.97 Å². The van der Waals surface area contributed by atoms with Gasteiger partial charge in [-0.15, -0.1) is 0 Å². The van der Waals surface area contributed by atoms with Crippen LogP contribution in [0.2, 0.25) is 0 Å². The van der Waals surface area contributed by atoms with Crippen molar-refractivity contribution in [1.29, 1.82) is 0 Å². The molecule has 2 unspecified atom stereocenters. The Kier molecular flexibility index (Phi) is 2.70. The first-order valence-electron chi connectivity index (χ1n) is 4.20. The summed E-state index contributed by atoms with van der Waals surface area (Å²) in [5.74, 6) is -1.41. The number of likely N-dealkylation sites (tertiary alicyclic amines) is 1. The number of carboxylic acid groups (broad SMARTS) is 1. The Morgan fingerprint density at radius 3 is 2.54 bits per heavy atom. The van der Waals surface area contributed by atoms with Crippen LogP contribution in [0, 0.1) is 11.8 Å². The van der Waals surface area contributed by atoms with E-state index in [1.807, 2.05) is 6.92 Å². The molecule has 0 aromatic carbocycles. The summed E-state index contributed by atoms with van der Waals surface area (Å²) in [6, 6.07) is 0. The molecule has 2 atom stereocenters. The first kappa shape index (κ1) is 9.77. The molecule has 1 rings (SSSR count). The number of amides is 1. The van der Waals surface area contributed by atoms with Gasteiger partial charge in [0.1, 0.15) is 0 Å². The zero-order chi connectivity index (χ0) is 10.0. The number of rotatable bonds is 2. The fourth-order valence-electron chi connectivity index (χ4n) is 1.60. The van der Waals surface area contributed by atoms with Crippen LogP contribution < -0.4 is 0 Å². The number of carbonyl (C=O) groups is 2. The summed E-state index contributed by atoms with van der Waals surface area (Å²) in [7, 11) is 0. The largest absolute Gasteiger partial charge is 0.481 e. The van der Waals surface area contributed by atoms with E-state index in [4.69, 9.17) is 5.11 Å². The lowest BCUT2D eigenvalue weighted by Gasteiger charge is -2.12. The van der Waals surface area contributed by atoms with Crippen molar-refractivity contribution in [2.24, 2.45) is 11.8 Å². The molecule has 1 aliphatic heterocycles. The Hall–Kier alpha value is -1.32. The number of nitrogens with zero attached hydrogens (tertiary/aromatic N) is 1. The van der Waals surface area contributed by atoms with Crippen LogP contribution in [0.25, 0.3) is 0 Å². The normalized spacial score (nSPS) is 27.3. The summed E-state index contributed by atoms with van der Waals surface area (Å²) in [4.78, 5) is 23.4. The van der Waals surface area contributed by atoms with Gasteiger partial charge in [-0.1, -0.05) is 13.5 Å². The SMILES string of the molecule is C=CC(=O)N1CC(C)C(C(=O)O)C1. The summed E-state index contributed by atoms with van der Waals surface area (Å²) in [6.07, 6.45) is 1.22. The molecule has 0 radical (unpaired) electrons. The molecule has 72 valence electrons. The van der Waals surface area contributed by atoms with Crippen LogP contribution in [0.4, 0.5) is 0 Å². The van der Waals surface area contributed by atoms with Gasteiger partial charge < -0.3 is 10.0 Å². The van der Waals surface area contributed by atoms with Gasteiger partial charge in [0.15, 0.2) is 0 Å². The Morgan fingerprint density at radius 2 is 2.15 bits per heavy atom. The Labute approximate surface area is 76.8 Å². The zero-order valence-electron chi connectivity index (χ0n) is 7.56. The molecule has 1 amide bonds. The van der Waals surface area contributed by atoms with Crippen LogP contribution in [0.1, 0.15) is 6.92 Å². The van der Waals surface area contributed by atoms with Gasteiger partial charge in [-0.3, -0.25) is 9.59 Å². The molecule has 0 spiro atoms. The number of carbonyl (C=O) groups excluding carboxylic acids is 1. The molecule has 1 fully saturated rings.